The third kappa shape index (κ3) is 4.18. The lowest BCUT2D eigenvalue weighted by Crippen LogP contribution is -2.41. The van der Waals surface area contributed by atoms with Crippen molar-refractivity contribution in [2.24, 2.45) is 0 Å². The number of aromatic nitrogens is 2. The Balaban J connectivity index is 1.53. The summed E-state index contributed by atoms with van der Waals surface area (Å²) in [7, 11) is -2.36. The summed E-state index contributed by atoms with van der Waals surface area (Å²) >= 11 is 0. The van der Waals surface area contributed by atoms with Crippen LogP contribution in [0.15, 0.2) is 53.4 Å². The van der Waals surface area contributed by atoms with Crippen LogP contribution in [-0.2, 0) is 14.8 Å². The number of amides is 1. The molecule has 1 aliphatic carbocycles. The van der Waals surface area contributed by atoms with Crippen LogP contribution in [0.4, 0.5) is 0 Å². The first-order valence-electron chi connectivity index (χ1n) is 9.74. The summed E-state index contributed by atoms with van der Waals surface area (Å²) in [5.74, 6) is 0.413. The van der Waals surface area contributed by atoms with Gasteiger partial charge in [0.25, 0.3) is 0 Å². The van der Waals surface area contributed by atoms with Crippen molar-refractivity contribution in [3.8, 4) is 11.4 Å². The molecule has 0 unspecified atom stereocenters. The molecule has 0 spiro atoms. The summed E-state index contributed by atoms with van der Waals surface area (Å²) in [5, 5.41) is 2.92. The monoisotopic (exact) mass is 412 g/mol. The van der Waals surface area contributed by atoms with Gasteiger partial charge in [0.05, 0.1) is 22.5 Å². The number of hydrogen-bond donors (Lipinski definition) is 2. The molecule has 2 N–H and O–H groups in total. The van der Waals surface area contributed by atoms with Crippen LogP contribution in [0.1, 0.15) is 25.7 Å². The molecule has 0 bridgehead atoms. The number of imidazole rings is 1. The van der Waals surface area contributed by atoms with Gasteiger partial charge >= 0.3 is 0 Å². The van der Waals surface area contributed by atoms with Crippen LogP contribution in [0, 0.1) is 0 Å². The number of nitrogens with zero attached hydrogens (tertiary/aromatic N) is 2. The lowest BCUT2D eigenvalue weighted by Gasteiger charge is -2.18. The number of hydrogen-bond acceptors (Lipinski definition) is 4. The Hall–Kier alpha value is -2.71. The van der Waals surface area contributed by atoms with Crippen molar-refractivity contribution >= 4 is 27.0 Å². The topological polar surface area (TPSA) is 95.2 Å². The van der Waals surface area contributed by atoms with Crippen LogP contribution in [0.3, 0.4) is 0 Å². The van der Waals surface area contributed by atoms with E-state index < -0.39 is 10.0 Å². The van der Waals surface area contributed by atoms with Gasteiger partial charge in [-0.25, -0.2) is 13.4 Å². The summed E-state index contributed by atoms with van der Waals surface area (Å²) in [6.07, 6.45) is 4.13. The second kappa shape index (κ2) is 7.96. The van der Waals surface area contributed by atoms with E-state index in [2.05, 4.69) is 15.3 Å². The van der Waals surface area contributed by atoms with Crippen LogP contribution in [0.5, 0.6) is 0 Å². The van der Waals surface area contributed by atoms with E-state index in [1.54, 1.807) is 12.1 Å². The standard InChI is InChI=1S/C21H24N4O3S/c1-25(14-20(26)22-16-9-5-6-10-16)29(27,28)17-11-12-18-19(13-17)24-21(23-18)15-7-3-2-4-8-15/h2-4,7-8,11-13,16H,5-6,9-10,14H2,1H3,(H,22,26)(H,23,24). The van der Waals surface area contributed by atoms with Gasteiger partial charge in [0.1, 0.15) is 5.82 Å². The molecule has 1 aromatic heterocycles. The molecule has 1 fully saturated rings. The molecule has 1 heterocycles. The zero-order valence-electron chi connectivity index (χ0n) is 16.3. The largest absolute Gasteiger partial charge is 0.352 e. The van der Waals surface area contributed by atoms with Gasteiger partial charge in [-0.15, -0.1) is 0 Å². The van der Waals surface area contributed by atoms with E-state index in [4.69, 9.17) is 0 Å². The quantitative estimate of drug-likeness (QED) is 0.651. The predicted molar refractivity (Wildman–Crippen MR) is 112 cm³/mol. The third-order valence-electron chi connectivity index (χ3n) is 5.30. The molecule has 152 valence electrons. The first-order valence-corrected chi connectivity index (χ1v) is 11.2. The van der Waals surface area contributed by atoms with E-state index in [0.29, 0.717) is 16.9 Å². The Labute approximate surface area is 170 Å². The second-order valence-electron chi connectivity index (χ2n) is 7.44. The van der Waals surface area contributed by atoms with E-state index >= 15 is 0 Å². The fourth-order valence-electron chi connectivity index (χ4n) is 3.69. The van der Waals surface area contributed by atoms with E-state index in [1.165, 1.54) is 13.1 Å². The predicted octanol–water partition coefficient (Wildman–Crippen LogP) is 2.91. The highest BCUT2D eigenvalue weighted by molar-refractivity contribution is 7.89. The second-order valence-corrected chi connectivity index (χ2v) is 9.49. The van der Waals surface area contributed by atoms with Crippen molar-refractivity contribution in [3.05, 3.63) is 48.5 Å². The summed E-state index contributed by atoms with van der Waals surface area (Å²) in [4.78, 5) is 20.1. The van der Waals surface area contributed by atoms with Crippen molar-refractivity contribution in [2.45, 2.75) is 36.6 Å². The Morgan fingerprint density at radius 3 is 2.62 bits per heavy atom. The molecule has 29 heavy (non-hydrogen) atoms. The fraction of sp³-hybridized carbons (Fsp3) is 0.333. The van der Waals surface area contributed by atoms with Gasteiger partial charge in [0.2, 0.25) is 15.9 Å². The van der Waals surface area contributed by atoms with Crippen LogP contribution < -0.4 is 5.32 Å². The average Bonchev–Trinajstić information content (AvgIpc) is 3.37. The summed E-state index contributed by atoms with van der Waals surface area (Å²) in [5.41, 5.74) is 2.24. The van der Waals surface area contributed by atoms with Gasteiger partial charge in [-0.05, 0) is 31.0 Å². The van der Waals surface area contributed by atoms with Crippen LogP contribution in [-0.4, -0.2) is 48.2 Å². The van der Waals surface area contributed by atoms with Gasteiger partial charge < -0.3 is 10.3 Å². The van der Waals surface area contributed by atoms with Crippen molar-refractivity contribution in [1.29, 1.82) is 0 Å². The summed E-state index contributed by atoms with van der Waals surface area (Å²) in [6.45, 7) is -0.199. The van der Waals surface area contributed by atoms with Gasteiger partial charge in [0, 0.05) is 18.7 Å². The first-order chi connectivity index (χ1) is 13.9. The minimum atomic E-state index is -3.79. The zero-order chi connectivity index (χ0) is 20.4. The van der Waals surface area contributed by atoms with Crippen molar-refractivity contribution < 1.29 is 13.2 Å². The highest BCUT2D eigenvalue weighted by Gasteiger charge is 2.25. The van der Waals surface area contributed by atoms with Gasteiger partial charge in [-0.2, -0.15) is 4.31 Å². The van der Waals surface area contributed by atoms with E-state index in [1.807, 2.05) is 30.3 Å². The number of rotatable bonds is 6. The molecule has 1 saturated carbocycles. The highest BCUT2D eigenvalue weighted by Crippen LogP contribution is 2.24. The lowest BCUT2D eigenvalue weighted by molar-refractivity contribution is -0.121. The van der Waals surface area contributed by atoms with Crippen molar-refractivity contribution in [3.63, 3.8) is 0 Å². The summed E-state index contributed by atoms with van der Waals surface area (Å²) in [6, 6.07) is 14.6. The highest BCUT2D eigenvalue weighted by atomic mass is 32.2. The Morgan fingerprint density at radius 2 is 1.90 bits per heavy atom. The molecule has 8 heteroatoms. The number of carbonyl (C=O) groups is 1. The average molecular weight is 413 g/mol. The minimum absolute atomic E-state index is 0.129. The van der Waals surface area contributed by atoms with Crippen molar-refractivity contribution in [2.75, 3.05) is 13.6 Å². The summed E-state index contributed by atoms with van der Waals surface area (Å²) < 4.78 is 27.0. The molecule has 4 rings (SSSR count). The minimum Gasteiger partial charge on any atom is -0.352 e. The maximum atomic E-state index is 12.9. The lowest BCUT2D eigenvalue weighted by atomic mass is 10.2. The third-order valence-corrected chi connectivity index (χ3v) is 7.09. The van der Waals surface area contributed by atoms with Gasteiger partial charge in [-0.3, -0.25) is 4.79 Å². The molecular formula is C21H24N4O3S. The molecule has 0 atom stereocenters. The van der Waals surface area contributed by atoms with E-state index in [9.17, 15) is 13.2 Å². The smallest absolute Gasteiger partial charge is 0.243 e. The number of H-pyrrole nitrogens is 1. The molecular weight excluding hydrogens is 388 g/mol. The van der Waals surface area contributed by atoms with Crippen molar-refractivity contribution in [1.82, 2.24) is 19.6 Å². The van der Waals surface area contributed by atoms with Gasteiger partial charge in [0.15, 0.2) is 0 Å². The molecule has 7 nitrogen and oxygen atoms in total. The normalized spacial score (nSPS) is 15.2. The number of carbonyl (C=O) groups excluding carboxylic acids is 1. The Morgan fingerprint density at radius 1 is 1.17 bits per heavy atom. The maximum absolute atomic E-state index is 12.9. The first kappa shape index (κ1) is 19.6. The molecule has 0 radical (unpaired) electrons. The molecule has 0 aliphatic heterocycles. The molecule has 1 amide bonds. The maximum Gasteiger partial charge on any atom is 0.243 e. The number of likely N-dealkylation sites (N-methyl/N-ethyl adjacent to an activating group) is 1. The number of nitrogens with one attached hydrogen (secondary N) is 2. The Bertz CT molecular complexity index is 1120. The van der Waals surface area contributed by atoms with Crippen LogP contribution >= 0.6 is 0 Å². The Kier molecular flexibility index (Phi) is 5.38. The van der Waals surface area contributed by atoms with E-state index in [0.717, 1.165) is 35.6 Å². The van der Waals surface area contributed by atoms with Crippen LogP contribution in [0.2, 0.25) is 0 Å². The van der Waals surface area contributed by atoms with Crippen LogP contribution in [0.25, 0.3) is 22.4 Å². The fourth-order valence-corrected chi connectivity index (χ4v) is 4.85. The molecule has 3 aromatic rings. The zero-order valence-corrected chi connectivity index (χ0v) is 17.1. The molecule has 1 aliphatic rings. The molecule has 0 saturated heterocycles. The number of fused-ring (bicyclic) bond motifs is 1. The number of sulfonamides is 1. The van der Waals surface area contributed by atoms with E-state index in [-0.39, 0.29) is 23.4 Å². The number of benzene rings is 2. The number of aromatic amines is 1. The van der Waals surface area contributed by atoms with Gasteiger partial charge in [-0.1, -0.05) is 43.2 Å². The SMILES string of the molecule is CN(CC(=O)NC1CCCC1)S(=O)(=O)c1ccc2nc(-c3ccccc3)[nH]c2c1. The molecule has 2 aromatic carbocycles.